The summed E-state index contributed by atoms with van der Waals surface area (Å²) in [5.74, 6) is 0. The van der Waals surface area contributed by atoms with Gasteiger partial charge < -0.3 is 9.64 Å². The van der Waals surface area contributed by atoms with Crippen LogP contribution in [0.15, 0.2) is 0 Å². The van der Waals surface area contributed by atoms with E-state index in [1.807, 2.05) is 25.7 Å². The molecule has 1 aliphatic heterocycles. The molecule has 5 nitrogen and oxygen atoms in total. The fourth-order valence-corrected chi connectivity index (χ4v) is 3.74. The number of hydrogen-bond donors (Lipinski definition) is 0. The van der Waals surface area contributed by atoms with Crippen molar-refractivity contribution in [1.29, 1.82) is 0 Å². The summed E-state index contributed by atoms with van der Waals surface area (Å²) < 4.78 is 7.76. The number of carbonyl (C=O) groups excluding carboxylic acids is 1. The Morgan fingerprint density at radius 3 is 2.57 bits per heavy atom. The van der Waals surface area contributed by atoms with Gasteiger partial charge in [-0.05, 0) is 52.5 Å². The average Bonchev–Trinajstić information content (AvgIpc) is 2.83. The van der Waals surface area contributed by atoms with Crippen LogP contribution in [0.3, 0.4) is 0 Å². The zero-order chi connectivity index (χ0) is 16.6. The molecule has 0 bridgehead atoms. The Hall–Kier alpha value is -1.52. The average molecular weight is 319 g/mol. The lowest BCUT2D eigenvalue weighted by Crippen LogP contribution is -2.40. The van der Waals surface area contributed by atoms with Crippen molar-refractivity contribution in [3.63, 3.8) is 0 Å². The lowest BCUT2D eigenvalue weighted by atomic mass is 9.95. The van der Waals surface area contributed by atoms with Gasteiger partial charge in [0, 0.05) is 6.54 Å². The van der Waals surface area contributed by atoms with E-state index in [2.05, 4.69) is 11.6 Å². The van der Waals surface area contributed by atoms with Crippen LogP contribution in [0.1, 0.15) is 75.9 Å². The molecular weight excluding hydrogens is 290 g/mol. The summed E-state index contributed by atoms with van der Waals surface area (Å²) in [6, 6.07) is 0.504. The van der Waals surface area contributed by atoms with E-state index in [-0.39, 0.29) is 6.09 Å². The molecule has 128 valence electrons. The van der Waals surface area contributed by atoms with Crippen LogP contribution in [0.4, 0.5) is 4.79 Å². The number of amides is 1. The SMILES string of the molecule is Cc1nn(C2CCCCC2)c2c1CCN(C(=O)OC(C)(C)C)C2. The molecule has 3 rings (SSSR count). The van der Waals surface area contributed by atoms with Crippen LogP contribution >= 0.6 is 0 Å². The molecule has 23 heavy (non-hydrogen) atoms. The third kappa shape index (κ3) is 3.54. The van der Waals surface area contributed by atoms with Gasteiger partial charge in [-0.25, -0.2) is 4.79 Å². The second kappa shape index (κ2) is 6.17. The van der Waals surface area contributed by atoms with Crippen molar-refractivity contribution in [2.24, 2.45) is 0 Å². The molecule has 1 aromatic rings. The van der Waals surface area contributed by atoms with Crippen molar-refractivity contribution in [2.45, 2.75) is 84.4 Å². The Kier molecular flexibility index (Phi) is 4.39. The molecule has 0 unspecified atom stereocenters. The minimum atomic E-state index is -0.448. The Labute approximate surface area is 139 Å². The first-order valence-corrected chi connectivity index (χ1v) is 8.90. The first-order chi connectivity index (χ1) is 10.8. The van der Waals surface area contributed by atoms with E-state index in [1.165, 1.54) is 43.4 Å². The third-order valence-electron chi connectivity index (χ3n) is 4.86. The van der Waals surface area contributed by atoms with Crippen LogP contribution in [-0.4, -0.2) is 32.9 Å². The molecule has 0 saturated heterocycles. The molecule has 2 heterocycles. The van der Waals surface area contributed by atoms with Crippen LogP contribution in [0, 0.1) is 6.92 Å². The molecule has 1 fully saturated rings. The van der Waals surface area contributed by atoms with Crippen LogP contribution in [0.5, 0.6) is 0 Å². The lowest BCUT2D eigenvalue weighted by Gasteiger charge is -2.32. The first-order valence-electron chi connectivity index (χ1n) is 8.90. The monoisotopic (exact) mass is 319 g/mol. The molecule has 2 aliphatic rings. The van der Waals surface area contributed by atoms with Gasteiger partial charge in [-0.3, -0.25) is 4.68 Å². The number of rotatable bonds is 1. The van der Waals surface area contributed by atoms with Gasteiger partial charge in [-0.1, -0.05) is 19.3 Å². The van der Waals surface area contributed by atoms with E-state index in [1.54, 1.807) is 0 Å². The van der Waals surface area contributed by atoms with Gasteiger partial charge in [0.15, 0.2) is 0 Å². The summed E-state index contributed by atoms with van der Waals surface area (Å²) in [7, 11) is 0. The molecule has 0 N–H and O–H groups in total. The molecule has 0 radical (unpaired) electrons. The molecule has 1 saturated carbocycles. The second-order valence-electron chi connectivity index (χ2n) is 7.90. The van der Waals surface area contributed by atoms with Crippen LogP contribution < -0.4 is 0 Å². The summed E-state index contributed by atoms with van der Waals surface area (Å²) in [5.41, 5.74) is 3.26. The van der Waals surface area contributed by atoms with Crippen LogP contribution in [0.2, 0.25) is 0 Å². The Bertz CT molecular complexity index is 580. The third-order valence-corrected chi connectivity index (χ3v) is 4.86. The first kappa shape index (κ1) is 16.3. The van der Waals surface area contributed by atoms with Crippen molar-refractivity contribution >= 4 is 6.09 Å². The van der Waals surface area contributed by atoms with Gasteiger partial charge in [0.1, 0.15) is 5.60 Å². The van der Waals surface area contributed by atoms with E-state index in [9.17, 15) is 4.79 Å². The predicted molar refractivity (Wildman–Crippen MR) is 89.4 cm³/mol. The van der Waals surface area contributed by atoms with Crippen molar-refractivity contribution in [3.8, 4) is 0 Å². The maximum Gasteiger partial charge on any atom is 0.410 e. The number of aromatic nitrogens is 2. The highest BCUT2D eigenvalue weighted by atomic mass is 16.6. The Morgan fingerprint density at radius 1 is 1.22 bits per heavy atom. The fourth-order valence-electron chi connectivity index (χ4n) is 3.74. The van der Waals surface area contributed by atoms with Gasteiger partial charge in [0.05, 0.1) is 24.0 Å². The van der Waals surface area contributed by atoms with E-state index >= 15 is 0 Å². The maximum atomic E-state index is 12.4. The highest BCUT2D eigenvalue weighted by molar-refractivity contribution is 5.68. The predicted octanol–water partition coefficient (Wildman–Crippen LogP) is 3.99. The Balaban J connectivity index is 1.80. The highest BCUT2D eigenvalue weighted by Crippen LogP contribution is 2.32. The highest BCUT2D eigenvalue weighted by Gasteiger charge is 2.31. The van der Waals surface area contributed by atoms with E-state index in [4.69, 9.17) is 9.84 Å². The van der Waals surface area contributed by atoms with Gasteiger partial charge in [-0.2, -0.15) is 5.10 Å². The molecule has 0 aromatic carbocycles. The quantitative estimate of drug-likeness (QED) is 0.786. The Morgan fingerprint density at radius 2 is 1.91 bits per heavy atom. The zero-order valence-electron chi connectivity index (χ0n) is 14.9. The smallest absolute Gasteiger partial charge is 0.410 e. The molecule has 1 amide bonds. The van der Waals surface area contributed by atoms with Gasteiger partial charge in [0.25, 0.3) is 0 Å². The fraction of sp³-hybridized carbons (Fsp3) is 0.778. The van der Waals surface area contributed by atoms with Gasteiger partial charge >= 0.3 is 6.09 Å². The van der Waals surface area contributed by atoms with E-state index in [0.717, 1.165) is 18.7 Å². The van der Waals surface area contributed by atoms with Gasteiger partial charge in [-0.15, -0.1) is 0 Å². The normalized spacial score (nSPS) is 19.6. The summed E-state index contributed by atoms with van der Waals surface area (Å²) in [4.78, 5) is 14.2. The number of carbonyl (C=O) groups is 1. The number of aryl methyl sites for hydroxylation is 1. The number of fused-ring (bicyclic) bond motifs is 1. The lowest BCUT2D eigenvalue weighted by molar-refractivity contribution is 0.0216. The van der Waals surface area contributed by atoms with E-state index in [0.29, 0.717) is 12.6 Å². The number of nitrogens with zero attached hydrogens (tertiary/aromatic N) is 3. The maximum absolute atomic E-state index is 12.4. The zero-order valence-corrected chi connectivity index (χ0v) is 14.9. The van der Waals surface area contributed by atoms with Gasteiger partial charge in [0.2, 0.25) is 0 Å². The summed E-state index contributed by atoms with van der Waals surface area (Å²) in [5, 5.41) is 4.82. The minimum Gasteiger partial charge on any atom is -0.444 e. The number of ether oxygens (including phenoxy) is 1. The molecule has 1 aromatic heterocycles. The van der Waals surface area contributed by atoms with Crippen molar-refractivity contribution in [1.82, 2.24) is 14.7 Å². The topological polar surface area (TPSA) is 47.4 Å². The molecule has 0 atom stereocenters. The molecule has 1 aliphatic carbocycles. The summed E-state index contributed by atoms with van der Waals surface area (Å²) in [6.45, 7) is 9.19. The minimum absolute atomic E-state index is 0.211. The van der Waals surface area contributed by atoms with Crippen molar-refractivity contribution < 1.29 is 9.53 Å². The van der Waals surface area contributed by atoms with Crippen molar-refractivity contribution in [3.05, 3.63) is 17.0 Å². The largest absolute Gasteiger partial charge is 0.444 e. The van der Waals surface area contributed by atoms with Crippen LogP contribution in [-0.2, 0) is 17.7 Å². The second-order valence-corrected chi connectivity index (χ2v) is 7.90. The summed E-state index contributed by atoms with van der Waals surface area (Å²) >= 11 is 0. The standard InChI is InChI=1S/C18H29N3O2/c1-13-15-10-11-20(17(22)23-18(2,3)4)12-16(15)21(19-13)14-8-6-5-7-9-14/h14H,5-12H2,1-4H3. The molecular formula is C18H29N3O2. The van der Waals surface area contributed by atoms with Crippen molar-refractivity contribution in [2.75, 3.05) is 6.54 Å². The molecule has 5 heteroatoms. The summed E-state index contributed by atoms with van der Waals surface area (Å²) in [6.07, 6.45) is 7.00. The van der Waals surface area contributed by atoms with E-state index < -0.39 is 5.60 Å². The number of hydrogen-bond acceptors (Lipinski definition) is 3. The van der Waals surface area contributed by atoms with Crippen LogP contribution in [0.25, 0.3) is 0 Å². The molecule has 0 spiro atoms.